The molecule has 100 valence electrons. The van der Waals surface area contributed by atoms with Crippen molar-refractivity contribution in [1.29, 1.82) is 0 Å². The molecule has 0 aliphatic carbocycles. The maximum Gasteiger partial charge on any atom is 0.326 e. The zero-order valence-electron chi connectivity index (χ0n) is 9.90. The summed E-state index contributed by atoms with van der Waals surface area (Å²) in [5.41, 5.74) is -0.341. The van der Waals surface area contributed by atoms with E-state index >= 15 is 0 Å². The molecule has 6 nitrogen and oxygen atoms in total. The lowest BCUT2D eigenvalue weighted by atomic mass is 10.3. The minimum atomic E-state index is -0.692. The second kappa shape index (κ2) is 5.54. The molecule has 0 radical (unpaired) electrons. The molecule has 2 heterocycles. The van der Waals surface area contributed by atoms with E-state index in [9.17, 15) is 14.4 Å². The Bertz CT molecular complexity index is 690. The highest BCUT2D eigenvalue weighted by atomic mass is 79.9. The minimum Gasteiger partial charge on any atom is -0.336 e. The molecule has 2 N–H and O–H groups in total. The van der Waals surface area contributed by atoms with Crippen LogP contribution in [0.25, 0.3) is 0 Å². The zero-order valence-corrected chi connectivity index (χ0v) is 12.3. The quantitative estimate of drug-likeness (QED) is 0.876. The number of carbonyl (C=O) groups excluding carboxylic acids is 1. The average Bonchev–Trinajstić information content (AvgIpc) is 2.72. The van der Waals surface area contributed by atoms with E-state index in [-0.39, 0.29) is 5.69 Å². The third-order valence-electron chi connectivity index (χ3n) is 2.38. The first-order valence-electron chi connectivity index (χ1n) is 5.28. The molecule has 0 aliphatic rings. The summed E-state index contributed by atoms with van der Waals surface area (Å²) in [5.74, 6) is -0.412. The van der Waals surface area contributed by atoms with Gasteiger partial charge in [0.25, 0.3) is 11.5 Å². The molecule has 0 saturated heterocycles. The van der Waals surface area contributed by atoms with Gasteiger partial charge in [-0.15, -0.1) is 11.3 Å². The van der Waals surface area contributed by atoms with Crippen LogP contribution in [0.1, 0.15) is 16.1 Å². The lowest BCUT2D eigenvalue weighted by molar-refractivity contribution is 0.0778. The van der Waals surface area contributed by atoms with Gasteiger partial charge in [0.15, 0.2) is 0 Å². The molecule has 2 aromatic heterocycles. The molecule has 19 heavy (non-hydrogen) atoms. The highest BCUT2D eigenvalue weighted by Crippen LogP contribution is 2.21. The monoisotopic (exact) mass is 343 g/mol. The summed E-state index contributed by atoms with van der Waals surface area (Å²) in [6.07, 6.45) is 0. The standard InChI is InChI=1S/C11H10BrN3O3S/c1-15(4-6-2-8(12)19-5-6)10(17)7-3-9(16)14-11(18)13-7/h2-3,5H,4H2,1H3,(H2,13,14,16,18). The Morgan fingerprint density at radius 3 is 2.68 bits per heavy atom. The number of hydrogen-bond acceptors (Lipinski definition) is 4. The van der Waals surface area contributed by atoms with E-state index in [2.05, 4.69) is 20.9 Å². The van der Waals surface area contributed by atoms with Crippen LogP contribution in [-0.2, 0) is 6.54 Å². The maximum atomic E-state index is 12.1. The van der Waals surface area contributed by atoms with Crippen molar-refractivity contribution in [3.8, 4) is 0 Å². The number of nitrogens with zero attached hydrogens (tertiary/aromatic N) is 1. The van der Waals surface area contributed by atoms with Gasteiger partial charge in [0.2, 0.25) is 0 Å². The highest BCUT2D eigenvalue weighted by molar-refractivity contribution is 9.11. The van der Waals surface area contributed by atoms with Gasteiger partial charge in [0, 0.05) is 19.7 Å². The number of aromatic nitrogens is 2. The Morgan fingerprint density at radius 1 is 1.37 bits per heavy atom. The molecule has 8 heteroatoms. The van der Waals surface area contributed by atoms with Gasteiger partial charge in [-0.05, 0) is 32.9 Å². The normalized spacial score (nSPS) is 10.4. The molecule has 2 aromatic rings. The van der Waals surface area contributed by atoms with Crippen LogP contribution in [-0.4, -0.2) is 27.8 Å². The fraction of sp³-hybridized carbons (Fsp3) is 0.182. The Hall–Kier alpha value is -1.67. The van der Waals surface area contributed by atoms with E-state index in [0.717, 1.165) is 15.4 Å². The minimum absolute atomic E-state index is 0.0226. The summed E-state index contributed by atoms with van der Waals surface area (Å²) in [6, 6.07) is 2.98. The van der Waals surface area contributed by atoms with Gasteiger partial charge in [-0.25, -0.2) is 4.79 Å². The van der Waals surface area contributed by atoms with Crippen LogP contribution in [0.3, 0.4) is 0 Å². The van der Waals surface area contributed by atoms with Crippen molar-refractivity contribution in [3.05, 3.63) is 53.4 Å². The van der Waals surface area contributed by atoms with Crippen molar-refractivity contribution in [3.63, 3.8) is 0 Å². The van der Waals surface area contributed by atoms with Crippen molar-refractivity contribution < 1.29 is 4.79 Å². The first kappa shape index (κ1) is 13.8. The number of rotatable bonds is 3. The number of amides is 1. The summed E-state index contributed by atoms with van der Waals surface area (Å²) in [6.45, 7) is 0.399. The summed E-state index contributed by atoms with van der Waals surface area (Å²) < 4.78 is 0.980. The molecule has 0 spiro atoms. The molecule has 0 unspecified atom stereocenters. The number of nitrogens with one attached hydrogen (secondary N) is 2. The first-order chi connectivity index (χ1) is 8.95. The van der Waals surface area contributed by atoms with Gasteiger partial charge in [-0.3, -0.25) is 14.6 Å². The van der Waals surface area contributed by atoms with E-state index in [1.807, 2.05) is 16.4 Å². The lowest BCUT2D eigenvalue weighted by Gasteiger charge is -2.15. The van der Waals surface area contributed by atoms with Crippen molar-refractivity contribution in [2.75, 3.05) is 7.05 Å². The van der Waals surface area contributed by atoms with E-state index in [0.29, 0.717) is 6.54 Å². The van der Waals surface area contributed by atoms with Crippen molar-refractivity contribution in [2.24, 2.45) is 0 Å². The van der Waals surface area contributed by atoms with E-state index in [1.54, 1.807) is 7.05 Å². The van der Waals surface area contributed by atoms with E-state index in [1.165, 1.54) is 16.2 Å². The predicted octanol–water partition coefficient (Wildman–Crippen LogP) is 1.16. The number of halogens is 1. The fourth-order valence-corrected chi connectivity index (χ4v) is 2.76. The molecule has 2 rings (SSSR count). The van der Waals surface area contributed by atoms with Crippen LogP contribution < -0.4 is 11.2 Å². The molecule has 0 fully saturated rings. The molecular formula is C11H10BrN3O3S. The highest BCUT2D eigenvalue weighted by Gasteiger charge is 2.14. The van der Waals surface area contributed by atoms with Crippen LogP contribution in [0.15, 0.2) is 30.9 Å². The van der Waals surface area contributed by atoms with Gasteiger partial charge < -0.3 is 9.88 Å². The molecule has 0 atom stereocenters. The van der Waals surface area contributed by atoms with Crippen molar-refractivity contribution in [1.82, 2.24) is 14.9 Å². The van der Waals surface area contributed by atoms with Gasteiger partial charge in [0.05, 0.1) is 3.79 Å². The van der Waals surface area contributed by atoms with Crippen LogP contribution in [0, 0.1) is 0 Å². The second-order valence-corrected chi connectivity index (χ2v) is 6.21. The maximum absolute atomic E-state index is 12.1. The van der Waals surface area contributed by atoms with Gasteiger partial charge >= 0.3 is 5.69 Å². The lowest BCUT2D eigenvalue weighted by Crippen LogP contribution is -2.32. The SMILES string of the molecule is CN(Cc1csc(Br)c1)C(=O)c1cc(=O)[nH]c(=O)[nH]1. The Morgan fingerprint density at radius 2 is 2.11 bits per heavy atom. The van der Waals surface area contributed by atoms with Crippen LogP contribution in [0.2, 0.25) is 0 Å². The summed E-state index contributed by atoms with van der Waals surface area (Å²) in [7, 11) is 1.60. The van der Waals surface area contributed by atoms with E-state index < -0.39 is 17.2 Å². The molecule has 0 bridgehead atoms. The Labute approximate surface area is 120 Å². The largest absolute Gasteiger partial charge is 0.336 e. The predicted molar refractivity (Wildman–Crippen MR) is 75.5 cm³/mol. The van der Waals surface area contributed by atoms with Crippen LogP contribution in [0.5, 0.6) is 0 Å². The van der Waals surface area contributed by atoms with Gasteiger partial charge in [-0.1, -0.05) is 0 Å². The fourth-order valence-electron chi connectivity index (χ4n) is 1.56. The number of hydrogen-bond donors (Lipinski definition) is 2. The Kier molecular flexibility index (Phi) is 4.01. The molecule has 0 saturated carbocycles. The Balaban J connectivity index is 2.19. The van der Waals surface area contributed by atoms with Crippen molar-refractivity contribution >= 4 is 33.2 Å². The topological polar surface area (TPSA) is 86.0 Å². The van der Waals surface area contributed by atoms with Gasteiger partial charge in [-0.2, -0.15) is 0 Å². The second-order valence-electron chi connectivity index (χ2n) is 3.92. The first-order valence-corrected chi connectivity index (χ1v) is 6.95. The third kappa shape index (κ3) is 3.42. The number of aromatic amines is 2. The summed E-state index contributed by atoms with van der Waals surface area (Å²) in [5, 5.41) is 1.93. The summed E-state index contributed by atoms with van der Waals surface area (Å²) >= 11 is 4.87. The summed E-state index contributed by atoms with van der Waals surface area (Å²) in [4.78, 5) is 40.1. The number of H-pyrrole nitrogens is 2. The average molecular weight is 344 g/mol. The smallest absolute Gasteiger partial charge is 0.326 e. The number of carbonyl (C=O) groups is 1. The molecular weight excluding hydrogens is 334 g/mol. The molecule has 0 aromatic carbocycles. The van der Waals surface area contributed by atoms with Crippen LogP contribution in [0.4, 0.5) is 0 Å². The number of thiophene rings is 1. The van der Waals surface area contributed by atoms with Crippen LogP contribution >= 0.6 is 27.3 Å². The zero-order chi connectivity index (χ0) is 14.0. The molecule has 1 amide bonds. The van der Waals surface area contributed by atoms with Gasteiger partial charge in [0.1, 0.15) is 5.69 Å². The third-order valence-corrected chi connectivity index (χ3v) is 3.93. The van der Waals surface area contributed by atoms with E-state index in [4.69, 9.17) is 0 Å². The van der Waals surface area contributed by atoms with Crippen molar-refractivity contribution in [2.45, 2.75) is 6.54 Å². The molecule has 0 aliphatic heterocycles.